The molecule has 3 nitrogen and oxygen atoms in total. The van der Waals surface area contributed by atoms with Crippen LogP contribution in [0.4, 0.5) is 0 Å². The first kappa shape index (κ1) is 14.7. The second-order valence-electron chi connectivity index (χ2n) is 4.59. The molecule has 0 aliphatic carbocycles. The zero-order valence-corrected chi connectivity index (χ0v) is 14.7. The van der Waals surface area contributed by atoms with Gasteiger partial charge in [-0.3, -0.25) is 3.97 Å². The van der Waals surface area contributed by atoms with Crippen LogP contribution < -0.4 is 0 Å². The maximum absolute atomic E-state index is 9.07. The van der Waals surface area contributed by atoms with E-state index < -0.39 is 0 Å². The van der Waals surface area contributed by atoms with E-state index in [-0.39, 0.29) is 0 Å². The van der Waals surface area contributed by atoms with E-state index in [0.29, 0.717) is 10.6 Å². The first-order valence-corrected chi connectivity index (χ1v) is 9.81. The third-order valence-corrected chi connectivity index (χ3v) is 5.36. The zero-order chi connectivity index (χ0) is 15.0. The number of pyridine rings is 1. The predicted octanol–water partition coefficient (Wildman–Crippen LogP) is 5.38. The summed E-state index contributed by atoms with van der Waals surface area (Å²) in [5.41, 5.74) is 4.50. The van der Waals surface area contributed by atoms with Crippen LogP contribution in [-0.4, -0.2) is 8.96 Å². The van der Waals surface area contributed by atoms with Crippen molar-refractivity contribution in [1.29, 1.82) is 5.26 Å². The van der Waals surface area contributed by atoms with Gasteiger partial charge in [0.25, 0.3) is 0 Å². The monoisotopic (exact) mass is 425 g/mol. The Morgan fingerprint density at radius 3 is 2.67 bits per heavy atom. The van der Waals surface area contributed by atoms with Crippen molar-refractivity contribution in [2.75, 3.05) is 0 Å². The van der Waals surface area contributed by atoms with E-state index in [9.17, 15) is 0 Å². The van der Waals surface area contributed by atoms with E-state index in [1.807, 2.05) is 10.0 Å². The first-order valence-electron chi connectivity index (χ1n) is 6.12. The average Bonchev–Trinajstić information content (AvgIpc) is 2.88. The van der Waals surface area contributed by atoms with Crippen LogP contribution in [0.3, 0.4) is 0 Å². The van der Waals surface area contributed by atoms with Crippen molar-refractivity contribution >= 4 is 53.0 Å². The molecule has 0 atom stereocenters. The number of rotatable bonds is 2. The van der Waals surface area contributed by atoms with Crippen molar-refractivity contribution in [3.05, 3.63) is 52.7 Å². The van der Waals surface area contributed by atoms with Crippen molar-refractivity contribution in [3.8, 4) is 17.3 Å². The molecule has 1 aromatic carbocycles. The van der Waals surface area contributed by atoms with Gasteiger partial charge in [-0.15, -0.1) is 0 Å². The van der Waals surface area contributed by atoms with Gasteiger partial charge in [0.15, 0.2) is 5.65 Å². The first-order chi connectivity index (χ1) is 10.2. The van der Waals surface area contributed by atoms with E-state index in [1.54, 1.807) is 0 Å². The highest BCUT2D eigenvalue weighted by Gasteiger charge is 2.16. The van der Waals surface area contributed by atoms with E-state index >= 15 is 0 Å². The number of halogens is 2. The van der Waals surface area contributed by atoms with Crippen molar-refractivity contribution in [2.45, 2.75) is 6.92 Å². The molecule has 0 N–H and O–H groups in total. The highest BCUT2D eigenvalue weighted by Crippen LogP contribution is 2.37. The molecular formula is C15H9ClIN3S. The van der Waals surface area contributed by atoms with Gasteiger partial charge in [-0.2, -0.15) is 5.26 Å². The van der Waals surface area contributed by atoms with Crippen LogP contribution in [0.5, 0.6) is 0 Å². The minimum absolute atomic E-state index is 0.398. The summed E-state index contributed by atoms with van der Waals surface area (Å²) in [6.45, 7) is 2.06. The number of fused-ring (bicyclic) bond motifs is 1. The summed E-state index contributed by atoms with van der Waals surface area (Å²) < 4.78 is 2.02. The highest BCUT2D eigenvalue weighted by atomic mass is 127. The lowest BCUT2D eigenvalue weighted by molar-refractivity contribution is 1.26. The van der Waals surface area contributed by atoms with Crippen molar-refractivity contribution in [2.24, 2.45) is 0 Å². The molecule has 21 heavy (non-hydrogen) atoms. The highest BCUT2D eigenvalue weighted by molar-refractivity contribution is 14.2. The summed E-state index contributed by atoms with van der Waals surface area (Å²) in [6.07, 6.45) is 1.52. The zero-order valence-electron chi connectivity index (χ0n) is 11.0. The molecule has 0 aliphatic heterocycles. The smallest absolute Gasteiger partial charge is 0.152 e. The Hall–Kier alpha value is -1.23. The third-order valence-electron chi connectivity index (χ3n) is 3.26. The fraction of sp³-hybridized carbons (Fsp3) is 0.0667. The van der Waals surface area contributed by atoms with Crippen molar-refractivity contribution < 1.29 is 0 Å². The van der Waals surface area contributed by atoms with Crippen LogP contribution in [0.1, 0.15) is 11.1 Å². The molecule has 0 saturated carbocycles. The molecule has 6 heteroatoms. The molecule has 104 valence electrons. The Morgan fingerprint density at radius 1 is 1.33 bits per heavy atom. The van der Waals surface area contributed by atoms with Gasteiger partial charge < -0.3 is 0 Å². The van der Waals surface area contributed by atoms with Crippen LogP contribution in [0.15, 0.2) is 36.5 Å². The lowest BCUT2D eigenvalue weighted by atomic mass is 10.1. The largest absolute Gasteiger partial charge is 0.258 e. The van der Waals surface area contributed by atoms with Crippen LogP contribution >= 0.6 is 41.9 Å². The SMILES string of the molecule is Cc1ccc(-c2cc3c(Cl)c(C#N)cnc3n2SI)cc1. The second kappa shape index (κ2) is 5.87. The fourth-order valence-electron chi connectivity index (χ4n) is 2.17. The Bertz CT molecular complexity index is 865. The van der Waals surface area contributed by atoms with Crippen LogP contribution in [0, 0.1) is 18.3 Å². The Balaban J connectivity index is 2.31. The number of benzene rings is 1. The summed E-state index contributed by atoms with van der Waals surface area (Å²) in [6, 6.07) is 12.4. The van der Waals surface area contributed by atoms with Crippen LogP contribution in [0.25, 0.3) is 22.3 Å². The number of nitrogens with zero attached hydrogens (tertiary/aromatic N) is 3. The van der Waals surface area contributed by atoms with Gasteiger partial charge in [0, 0.05) is 41.9 Å². The molecule has 2 aromatic heterocycles. The standard InChI is InChI=1S/C15H9ClIN3S/c1-9-2-4-10(5-3-9)13-6-12-14(16)11(7-18)8-19-15(12)20(13)21-17/h2-6,8H,1H3. The molecular weight excluding hydrogens is 417 g/mol. The maximum Gasteiger partial charge on any atom is 0.152 e. The van der Waals surface area contributed by atoms with Gasteiger partial charge in [-0.05, 0) is 18.6 Å². The van der Waals surface area contributed by atoms with Crippen LogP contribution in [0.2, 0.25) is 5.02 Å². The molecule has 0 saturated heterocycles. The quantitative estimate of drug-likeness (QED) is 0.517. The topological polar surface area (TPSA) is 41.6 Å². The summed E-state index contributed by atoms with van der Waals surface area (Å²) in [5, 5.41) is 10.3. The summed E-state index contributed by atoms with van der Waals surface area (Å²) in [4.78, 5) is 4.38. The number of aryl methyl sites for hydroxylation is 1. The Morgan fingerprint density at radius 2 is 2.05 bits per heavy atom. The molecule has 3 rings (SSSR count). The molecule has 0 amide bonds. The molecule has 0 bridgehead atoms. The average molecular weight is 426 g/mol. The van der Waals surface area contributed by atoms with Gasteiger partial charge in [0.1, 0.15) is 6.07 Å². The van der Waals surface area contributed by atoms with Crippen molar-refractivity contribution in [3.63, 3.8) is 0 Å². The Labute approximate surface area is 143 Å². The maximum atomic E-state index is 9.07. The van der Waals surface area contributed by atoms with Gasteiger partial charge in [0.2, 0.25) is 0 Å². The van der Waals surface area contributed by atoms with E-state index in [2.05, 4.69) is 63.4 Å². The molecule has 0 radical (unpaired) electrons. The van der Waals surface area contributed by atoms with E-state index in [4.69, 9.17) is 16.9 Å². The molecule has 3 aromatic rings. The molecule has 2 heterocycles. The van der Waals surface area contributed by atoms with Crippen LogP contribution in [-0.2, 0) is 0 Å². The number of aromatic nitrogens is 2. The minimum atomic E-state index is 0.398. The van der Waals surface area contributed by atoms with Gasteiger partial charge in [-0.25, -0.2) is 4.98 Å². The summed E-state index contributed by atoms with van der Waals surface area (Å²) >= 11 is 8.53. The lowest BCUT2D eigenvalue weighted by Crippen LogP contribution is -1.90. The normalized spacial score (nSPS) is 10.8. The molecule has 0 spiro atoms. The summed E-state index contributed by atoms with van der Waals surface area (Å²) in [7, 11) is 1.54. The van der Waals surface area contributed by atoms with Crippen molar-refractivity contribution in [1.82, 2.24) is 8.96 Å². The van der Waals surface area contributed by atoms with Gasteiger partial charge in [-0.1, -0.05) is 41.4 Å². The van der Waals surface area contributed by atoms with E-state index in [1.165, 1.54) is 20.9 Å². The number of hydrogen-bond donors (Lipinski definition) is 0. The molecule has 0 unspecified atom stereocenters. The second-order valence-corrected chi connectivity index (χ2v) is 6.66. The number of nitriles is 1. The predicted molar refractivity (Wildman–Crippen MR) is 96.6 cm³/mol. The Kier molecular flexibility index (Phi) is 4.11. The molecule has 0 aliphatic rings. The number of hydrogen-bond acceptors (Lipinski definition) is 3. The van der Waals surface area contributed by atoms with Gasteiger partial charge >= 0.3 is 0 Å². The summed E-state index contributed by atoms with van der Waals surface area (Å²) in [5.74, 6) is 0. The lowest BCUT2D eigenvalue weighted by Gasteiger charge is -2.05. The van der Waals surface area contributed by atoms with E-state index in [0.717, 1.165) is 22.3 Å². The fourth-order valence-corrected chi connectivity index (χ4v) is 4.04. The van der Waals surface area contributed by atoms with Gasteiger partial charge in [0.05, 0.1) is 16.3 Å². The molecule has 0 fully saturated rings. The third kappa shape index (κ3) is 2.52. The minimum Gasteiger partial charge on any atom is -0.258 e.